The number of hydrogen-bond donors (Lipinski definition) is 0. The number of carbonyl (C=O) groups is 2. The van der Waals surface area contributed by atoms with Gasteiger partial charge in [0.1, 0.15) is 5.92 Å². The Hall–Kier alpha value is -2.04. The van der Waals surface area contributed by atoms with E-state index in [4.69, 9.17) is 4.74 Å². The molecule has 1 amide bonds. The molecule has 0 aromatic heterocycles. The van der Waals surface area contributed by atoms with Crippen LogP contribution >= 0.6 is 0 Å². The van der Waals surface area contributed by atoms with Gasteiger partial charge in [-0.2, -0.15) is 0 Å². The summed E-state index contributed by atoms with van der Waals surface area (Å²) in [4.78, 5) is 30.5. The summed E-state index contributed by atoms with van der Waals surface area (Å²) in [6.45, 7) is 1.96. The van der Waals surface area contributed by atoms with Crippen molar-refractivity contribution in [2.75, 3.05) is 6.61 Å². The van der Waals surface area contributed by atoms with Crippen LogP contribution in [0.25, 0.3) is 0 Å². The van der Waals surface area contributed by atoms with Crippen molar-refractivity contribution in [2.24, 2.45) is 15.9 Å². The van der Waals surface area contributed by atoms with Crippen molar-refractivity contribution in [3.8, 4) is 0 Å². The zero-order valence-corrected chi connectivity index (χ0v) is 8.71. The molecule has 5 nitrogen and oxygen atoms in total. The van der Waals surface area contributed by atoms with E-state index in [2.05, 4.69) is 9.98 Å². The van der Waals surface area contributed by atoms with E-state index in [-0.39, 0.29) is 18.2 Å². The molecule has 0 spiro atoms. The first-order valence-electron chi connectivity index (χ1n) is 4.93. The van der Waals surface area contributed by atoms with E-state index in [1.807, 2.05) is 0 Å². The maximum Gasteiger partial charge on any atom is 0.357 e. The van der Waals surface area contributed by atoms with E-state index in [0.717, 1.165) is 5.57 Å². The summed E-state index contributed by atoms with van der Waals surface area (Å²) >= 11 is 0. The fourth-order valence-electron chi connectivity index (χ4n) is 1.49. The van der Waals surface area contributed by atoms with Gasteiger partial charge in [0.25, 0.3) is 5.91 Å². The van der Waals surface area contributed by atoms with Crippen LogP contribution < -0.4 is 0 Å². The van der Waals surface area contributed by atoms with Gasteiger partial charge in [-0.05, 0) is 24.6 Å². The maximum absolute atomic E-state index is 11.6. The summed E-state index contributed by atoms with van der Waals surface area (Å²) in [5.41, 5.74) is 0.774. The van der Waals surface area contributed by atoms with Gasteiger partial charge >= 0.3 is 5.97 Å². The van der Waals surface area contributed by atoms with E-state index in [1.54, 1.807) is 25.3 Å². The minimum absolute atomic E-state index is 0.0538. The largest absolute Gasteiger partial charge is 0.461 e. The number of hydrogen-bond acceptors (Lipinski definition) is 4. The predicted molar refractivity (Wildman–Crippen MR) is 58.3 cm³/mol. The van der Waals surface area contributed by atoms with Crippen molar-refractivity contribution in [1.29, 1.82) is 0 Å². The molecule has 2 aliphatic rings. The van der Waals surface area contributed by atoms with Crippen molar-refractivity contribution in [3.63, 3.8) is 0 Å². The van der Waals surface area contributed by atoms with Gasteiger partial charge in [-0.25, -0.2) is 9.79 Å². The smallest absolute Gasteiger partial charge is 0.357 e. The summed E-state index contributed by atoms with van der Waals surface area (Å²) in [5, 5.41) is 0. The third-order valence-electron chi connectivity index (χ3n) is 2.23. The van der Waals surface area contributed by atoms with Crippen molar-refractivity contribution in [2.45, 2.75) is 6.92 Å². The molecule has 2 heterocycles. The summed E-state index contributed by atoms with van der Waals surface area (Å²) in [6, 6.07) is 0. The van der Waals surface area contributed by atoms with Crippen molar-refractivity contribution in [3.05, 3.63) is 23.9 Å². The first kappa shape index (κ1) is 10.5. The topological polar surface area (TPSA) is 68.1 Å². The highest BCUT2D eigenvalue weighted by Gasteiger charge is 2.28. The minimum atomic E-state index is -0.572. The van der Waals surface area contributed by atoms with Crippen LogP contribution in [0.3, 0.4) is 0 Å². The normalized spacial score (nSPS) is 22.3. The average molecular weight is 218 g/mol. The van der Waals surface area contributed by atoms with E-state index in [0.29, 0.717) is 0 Å². The first-order valence-corrected chi connectivity index (χ1v) is 4.93. The van der Waals surface area contributed by atoms with Crippen LogP contribution in [0.4, 0.5) is 0 Å². The predicted octanol–water partition coefficient (Wildman–Crippen LogP) is 0.671. The summed E-state index contributed by atoms with van der Waals surface area (Å²) in [6.07, 6.45) is 6.34. The number of nitrogens with zero attached hydrogens (tertiary/aromatic N) is 2. The number of carbonyl (C=O) groups excluding carboxylic acids is 2. The standard InChI is InChI=1S/C11H10N2O3/c1-2-16-11(15)9-5-7-3-4-12-6-8(7)10(14)13-9/h3-6,8H,2H2,1H3. The SMILES string of the molecule is CCOC(=O)C1=NC(=O)C2C=NC=CC2=C1. The van der Waals surface area contributed by atoms with Crippen molar-refractivity contribution < 1.29 is 14.3 Å². The van der Waals surface area contributed by atoms with Gasteiger partial charge in [0.2, 0.25) is 0 Å². The lowest BCUT2D eigenvalue weighted by Gasteiger charge is -2.17. The summed E-state index contributed by atoms with van der Waals surface area (Å²) < 4.78 is 4.79. The van der Waals surface area contributed by atoms with E-state index in [9.17, 15) is 9.59 Å². The zero-order chi connectivity index (χ0) is 11.5. The minimum Gasteiger partial charge on any atom is -0.461 e. The molecule has 1 unspecified atom stereocenters. The molecule has 1 atom stereocenters. The number of dihydropyridines is 1. The van der Waals surface area contributed by atoms with Crippen molar-refractivity contribution in [1.82, 2.24) is 0 Å². The fourth-order valence-corrected chi connectivity index (χ4v) is 1.49. The molecular weight excluding hydrogens is 208 g/mol. The molecule has 16 heavy (non-hydrogen) atoms. The molecule has 0 fully saturated rings. The maximum atomic E-state index is 11.6. The number of allylic oxidation sites excluding steroid dienone is 1. The summed E-state index contributed by atoms with van der Waals surface area (Å²) in [5.74, 6) is -1.41. The lowest BCUT2D eigenvalue weighted by atomic mass is 9.94. The lowest BCUT2D eigenvalue weighted by Crippen LogP contribution is -2.27. The second-order valence-electron chi connectivity index (χ2n) is 3.29. The van der Waals surface area contributed by atoms with Crippen LogP contribution in [-0.2, 0) is 14.3 Å². The number of aliphatic imine (C=N–C) groups is 2. The van der Waals surface area contributed by atoms with Crippen LogP contribution in [-0.4, -0.2) is 30.4 Å². The molecule has 5 heteroatoms. The zero-order valence-electron chi connectivity index (χ0n) is 8.71. The van der Waals surface area contributed by atoms with Gasteiger partial charge in [0.15, 0.2) is 5.71 Å². The van der Waals surface area contributed by atoms with Crippen LogP contribution in [0.15, 0.2) is 33.9 Å². The molecule has 82 valence electrons. The molecular formula is C11H10N2O3. The Morgan fingerprint density at radius 3 is 3.12 bits per heavy atom. The fraction of sp³-hybridized carbons (Fsp3) is 0.273. The molecule has 0 saturated carbocycles. The molecule has 0 saturated heterocycles. The average Bonchev–Trinajstić information content (AvgIpc) is 2.29. The van der Waals surface area contributed by atoms with Crippen LogP contribution in [0.5, 0.6) is 0 Å². The van der Waals surface area contributed by atoms with Crippen molar-refractivity contribution >= 4 is 23.8 Å². The van der Waals surface area contributed by atoms with E-state index < -0.39 is 11.9 Å². The van der Waals surface area contributed by atoms with Gasteiger partial charge in [-0.3, -0.25) is 9.79 Å². The van der Waals surface area contributed by atoms with Gasteiger partial charge < -0.3 is 4.74 Å². The molecule has 0 bridgehead atoms. The monoisotopic (exact) mass is 218 g/mol. The molecule has 0 aromatic rings. The quantitative estimate of drug-likeness (QED) is 0.640. The molecule has 0 radical (unpaired) electrons. The number of rotatable bonds is 2. The summed E-state index contributed by atoms with van der Waals surface area (Å²) in [7, 11) is 0. The highest BCUT2D eigenvalue weighted by molar-refractivity contribution is 6.44. The van der Waals surface area contributed by atoms with Crippen LogP contribution in [0, 0.1) is 5.92 Å². The van der Waals surface area contributed by atoms with E-state index in [1.165, 1.54) is 6.21 Å². The Morgan fingerprint density at radius 1 is 1.56 bits per heavy atom. The van der Waals surface area contributed by atoms with Crippen LogP contribution in [0.1, 0.15) is 6.92 Å². The molecule has 0 N–H and O–H groups in total. The number of esters is 1. The number of amides is 1. The number of fused-ring (bicyclic) bond motifs is 1. The van der Waals surface area contributed by atoms with Gasteiger partial charge in [0.05, 0.1) is 6.61 Å². The Bertz CT molecular complexity index is 458. The highest BCUT2D eigenvalue weighted by atomic mass is 16.5. The highest BCUT2D eigenvalue weighted by Crippen LogP contribution is 2.20. The molecule has 0 aromatic carbocycles. The van der Waals surface area contributed by atoms with E-state index >= 15 is 0 Å². The Labute approximate surface area is 92.2 Å². The molecule has 2 rings (SSSR count). The lowest BCUT2D eigenvalue weighted by molar-refractivity contribution is -0.135. The van der Waals surface area contributed by atoms with Crippen LogP contribution in [0.2, 0.25) is 0 Å². The molecule has 0 aliphatic carbocycles. The first-order chi connectivity index (χ1) is 7.72. The Morgan fingerprint density at radius 2 is 2.38 bits per heavy atom. The van der Waals surface area contributed by atoms with Gasteiger partial charge in [-0.1, -0.05) is 0 Å². The van der Waals surface area contributed by atoms with Gasteiger partial charge in [-0.15, -0.1) is 0 Å². The second-order valence-corrected chi connectivity index (χ2v) is 3.29. The third kappa shape index (κ3) is 1.84. The Balaban J connectivity index is 2.28. The number of ether oxygens (including phenoxy) is 1. The Kier molecular flexibility index (Phi) is 2.76. The second kappa shape index (κ2) is 4.22. The third-order valence-corrected chi connectivity index (χ3v) is 2.23. The van der Waals surface area contributed by atoms with Gasteiger partial charge in [0, 0.05) is 12.4 Å². The molecule has 2 aliphatic heterocycles.